The van der Waals surface area contributed by atoms with Gasteiger partial charge in [-0.3, -0.25) is 4.79 Å². The van der Waals surface area contributed by atoms with E-state index in [4.69, 9.17) is 0 Å². The Labute approximate surface area is 166 Å². The van der Waals surface area contributed by atoms with Gasteiger partial charge < -0.3 is 9.13 Å². The number of amides is 1. The molecule has 140 valence electrons. The number of benzene rings is 1. The van der Waals surface area contributed by atoms with E-state index in [0.29, 0.717) is 23.0 Å². The van der Waals surface area contributed by atoms with Crippen molar-refractivity contribution in [1.29, 1.82) is 0 Å². The lowest BCUT2D eigenvalue weighted by molar-refractivity contribution is -0.115. The van der Waals surface area contributed by atoms with Crippen LogP contribution in [0.5, 0.6) is 0 Å². The number of hydrogen-bond acceptors (Lipinski definition) is 5. The Kier molecular flexibility index (Phi) is 6.41. The number of thiazole rings is 1. The zero-order valence-corrected chi connectivity index (χ0v) is 17.0. The number of rotatable bonds is 7. The molecule has 0 saturated carbocycles. The third-order valence-corrected chi connectivity index (χ3v) is 5.64. The lowest BCUT2D eigenvalue weighted by Gasteiger charge is -2.04. The van der Waals surface area contributed by atoms with E-state index in [1.165, 1.54) is 34.2 Å². The number of aryl methyl sites for hydroxylation is 2. The molecule has 0 atom stereocenters. The minimum absolute atomic E-state index is 0.189. The summed E-state index contributed by atoms with van der Waals surface area (Å²) in [5.74, 6) is 0.833. The topological polar surface area (TPSA) is 65.1 Å². The Balaban J connectivity index is 1.68. The number of allylic oxidation sites excluding steroid dienone is 1. The van der Waals surface area contributed by atoms with Crippen LogP contribution in [0.25, 0.3) is 0 Å². The van der Waals surface area contributed by atoms with Gasteiger partial charge in [-0.2, -0.15) is 4.99 Å². The van der Waals surface area contributed by atoms with Crippen LogP contribution < -0.4 is 4.80 Å². The van der Waals surface area contributed by atoms with Crippen molar-refractivity contribution in [2.45, 2.75) is 32.1 Å². The average molecular weight is 400 g/mol. The molecule has 0 aliphatic carbocycles. The fourth-order valence-corrected chi connectivity index (χ4v) is 3.99. The number of carbonyl (C=O) groups excluding carboxylic acids is 1. The van der Waals surface area contributed by atoms with Gasteiger partial charge in [0.15, 0.2) is 9.96 Å². The zero-order valence-electron chi connectivity index (χ0n) is 15.3. The number of aromatic nitrogens is 4. The van der Waals surface area contributed by atoms with Gasteiger partial charge in [0.05, 0.1) is 5.75 Å². The van der Waals surface area contributed by atoms with Gasteiger partial charge in [0, 0.05) is 24.7 Å². The first-order chi connectivity index (χ1) is 13.1. The highest BCUT2D eigenvalue weighted by Gasteiger charge is 2.11. The molecule has 0 saturated heterocycles. The Morgan fingerprint density at radius 3 is 2.81 bits per heavy atom. The lowest BCUT2D eigenvalue weighted by Crippen LogP contribution is -2.17. The van der Waals surface area contributed by atoms with E-state index >= 15 is 0 Å². The van der Waals surface area contributed by atoms with E-state index in [1.807, 2.05) is 27.6 Å². The van der Waals surface area contributed by atoms with Gasteiger partial charge in [0.1, 0.15) is 5.82 Å². The summed E-state index contributed by atoms with van der Waals surface area (Å²) in [4.78, 5) is 17.3. The van der Waals surface area contributed by atoms with Gasteiger partial charge in [0.2, 0.25) is 0 Å². The van der Waals surface area contributed by atoms with Crippen molar-refractivity contribution in [3.63, 3.8) is 0 Å². The van der Waals surface area contributed by atoms with Crippen LogP contribution in [0.2, 0.25) is 0 Å². The molecule has 8 heteroatoms. The summed E-state index contributed by atoms with van der Waals surface area (Å²) in [7, 11) is 0. The summed E-state index contributed by atoms with van der Waals surface area (Å²) in [6.07, 6.45) is 3.74. The maximum atomic E-state index is 12.3. The Morgan fingerprint density at radius 1 is 1.30 bits per heavy atom. The van der Waals surface area contributed by atoms with E-state index in [1.54, 1.807) is 6.08 Å². The molecule has 2 heterocycles. The van der Waals surface area contributed by atoms with E-state index in [0.717, 1.165) is 5.82 Å². The van der Waals surface area contributed by atoms with Gasteiger partial charge in [-0.1, -0.05) is 47.7 Å². The van der Waals surface area contributed by atoms with Crippen molar-refractivity contribution in [3.8, 4) is 0 Å². The van der Waals surface area contributed by atoms with Gasteiger partial charge in [-0.25, -0.2) is 0 Å². The van der Waals surface area contributed by atoms with Crippen LogP contribution in [0.4, 0.5) is 0 Å². The SMILES string of the molecule is C=CCn1c(C)nnc1SCC(=O)N=c1sccn1Cc1ccc(C)cc1. The molecule has 0 fully saturated rings. The standard InChI is InChI=1S/C19H21N5OS2/c1-4-9-24-15(3)21-22-19(24)27-13-17(25)20-18-23(10-11-26-18)12-16-7-5-14(2)6-8-16/h4-8,10-11H,1,9,12-13H2,2-3H3. The number of thioether (sulfide) groups is 1. The normalized spacial score (nSPS) is 11.7. The summed E-state index contributed by atoms with van der Waals surface area (Å²) in [5, 5.41) is 10.8. The van der Waals surface area contributed by atoms with Crippen molar-refractivity contribution in [2.75, 3.05) is 5.75 Å². The van der Waals surface area contributed by atoms with Crippen LogP contribution in [0, 0.1) is 13.8 Å². The molecule has 1 amide bonds. The molecule has 0 N–H and O–H groups in total. The quantitative estimate of drug-likeness (QED) is 0.452. The smallest absolute Gasteiger partial charge is 0.258 e. The number of nitrogens with zero attached hydrogens (tertiary/aromatic N) is 5. The van der Waals surface area contributed by atoms with Gasteiger partial charge in [-0.05, 0) is 19.4 Å². The molecule has 0 unspecified atom stereocenters. The van der Waals surface area contributed by atoms with Crippen LogP contribution in [0.15, 0.2) is 58.6 Å². The summed E-state index contributed by atoms with van der Waals surface area (Å²) < 4.78 is 3.91. The third kappa shape index (κ3) is 5.05. The second-order valence-corrected chi connectivity index (χ2v) is 7.84. The zero-order chi connectivity index (χ0) is 19.2. The van der Waals surface area contributed by atoms with Crippen molar-refractivity contribution in [1.82, 2.24) is 19.3 Å². The van der Waals surface area contributed by atoms with Crippen LogP contribution in [-0.2, 0) is 17.9 Å². The molecule has 3 rings (SSSR count). The molecule has 0 aliphatic heterocycles. The van der Waals surface area contributed by atoms with Crippen molar-refractivity contribution >= 4 is 29.0 Å². The van der Waals surface area contributed by atoms with Crippen molar-refractivity contribution in [2.24, 2.45) is 4.99 Å². The highest BCUT2D eigenvalue weighted by Crippen LogP contribution is 2.17. The maximum Gasteiger partial charge on any atom is 0.258 e. The Hall–Kier alpha value is -2.45. The second-order valence-electron chi connectivity index (χ2n) is 6.02. The molecule has 6 nitrogen and oxygen atoms in total. The maximum absolute atomic E-state index is 12.3. The Morgan fingerprint density at radius 2 is 2.07 bits per heavy atom. The number of hydrogen-bond donors (Lipinski definition) is 0. The first kappa shape index (κ1) is 19.3. The van der Waals surface area contributed by atoms with Crippen LogP contribution in [0.1, 0.15) is 17.0 Å². The molecule has 3 aromatic rings. The fraction of sp³-hybridized carbons (Fsp3) is 0.263. The fourth-order valence-electron chi connectivity index (χ4n) is 2.47. The van der Waals surface area contributed by atoms with Gasteiger partial charge in [-0.15, -0.1) is 28.1 Å². The molecule has 0 spiro atoms. The number of carbonyl (C=O) groups is 1. The van der Waals surface area contributed by atoms with E-state index < -0.39 is 0 Å². The molecular weight excluding hydrogens is 378 g/mol. The minimum atomic E-state index is -0.189. The molecule has 2 aromatic heterocycles. The molecule has 0 radical (unpaired) electrons. The molecule has 0 aliphatic rings. The van der Waals surface area contributed by atoms with Crippen LogP contribution in [-0.4, -0.2) is 31.0 Å². The van der Waals surface area contributed by atoms with Crippen molar-refractivity contribution < 1.29 is 4.79 Å². The first-order valence-corrected chi connectivity index (χ1v) is 10.3. The van der Waals surface area contributed by atoms with Crippen LogP contribution in [0.3, 0.4) is 0 Å². The highest BCUT2D eigenvalue weighted by atomic mass is 32.2. The lowest BCUT2D eigenvalue weighted by atomic mass is 10.1. The molecule has 0 bridgehead atoms. The molecule has 27 heavy (non-hydrogen) atoms. The second kappa shape index (κ2) is 8.96. The van der Waals surface area contributed by atoms with Crippen LogP contribution >= 0.6 is 23.1 Å². The average Bonchev–Trinajstić information content (AvgIpc) is 3.23. The molecule has 1 aromatic carbocycles. The Bertz CT molecular complexity index is 998. The minimum Gasteiger partial charge on any atom is -0.319 e. The van der Waals surface area contributed by atoms with E-state index in [2.05, 4.69) is 53.0 Å². The van der Waals surface area contributed by atoms with Gasteiger partial charge >= 0.3 is 0 Å². The predicted octanol–water partition coefficient (Wildman–Crippen LogP) is 3.21. The van der Waals surface area contributed by atoms with E-state index in [-0.39, 0.29) is 11.7 Å². The highest BCUT2D eigenvalue weighted by molar-refractivity contribution is 7.99. The molecular formula is C19H21N5OS2. The first-order valence-electron chi connectivity index (χ1n) is 8.47. The van der Waals surface area contributed by atoms with Gasteiger partial charge in [0.25, 0.3) is 5.91 Å². The summed E-state index contributed by atoms with van der Waals surface area (Å²) >= 11 is 2.80. The van der Waals surface area contributed by atoms with Crippen molar-refractivity contribution in [3.05, 3.63) is 70.3 Å². The summed E-state index contributed by atoms with van der Waals surface area (Å²) in [6, 6.07) is 8.36. The monoisotopic (exact) mass is 399 g/mol. The third-order valence-electron chi connectivity index (χ3n) is 3.89. The summed E-state index contributed by atoms with van der Waals surface area (Å²) in [6.45, 7) is 9.00. The largest absolute Gasteiger partial charge is 0.319 e. The summed E-state index contributed by atoms with van der Waals surface area (Å²) in [5.41, 5.74) is 2.40. The predicted molar refractivity (Wildman–Crippen MR) is 109 cm³/mol. The van der Waals surface area contributed by atoms with E-state index in [9.17, 15) is 4.79 Å².